The van der Waals surface area contributed by atoms with Crippen LogP contribution in [0.2, 0.25) is 0 Å². The number of carbonyl (C=O) groups is 1. The molecule has 0 aromatic heterocycles. The van der Waals surface area contributed by atoms with Gasteiger partial charge in [-0.1, -0.05) is 6.07 Å². The first-order valence-corrected chi connectivity index (χ1v) is 8.87. The summed E-state index contributed by atoms with van der Waals surface area (Å²) in [6, 6.07) is 5.61. The Morgan fingerprint density at radius 3 is 2.47 bits per heavy atom. The molecule has 0 spiro atoms. The lowest BCUT2D eigenvalue weighted by atomic mass is 10.2. The first-order chi connectivity index (χ1) is 8.70. The number of amides is 1. The number of hydrogen-bond donors (Lipinski definition) is 2. The Hall–Kier alpha value is 0.0400. The van der Waals surface area contributed by atoms with Crippen LogP contribution in [0.5, 0.6) is 0 Å². The maximum absolute atomic E-state index is 12.1. The van der Waals surface area contributed by atoms with Crippen molar-refractivity contribution in [1.82, 2.24) is 5.32 Å². The summed E-state index contributed by atoms with van der Waals surface area (Å²) in [4.78, 5) is 11.7. The van der Waals surface area contributed by atoms with Crippen molar-refractivity contribution >= 4 is 63.5 Å². The molecule has 19 heavy (non-hydrogen) atoms. The second-order valence-corrected chi connectivity index (χ2v) is 13.9. The lowest BCUT2D eigenvalue weighted by Gasteiger charge is -2.14. The van der Waals surface area contributed by atoms with Crippen LogP contribution >= 0.6 is 47.8 Å². The van der Waals surface area contributed by atoms with Crippen LogP contribution in [0.4, 0.5) is 0 Å². The zero-order chi connectivity index (χ0) is 14.7. The lowest BCUT2D eigenvalue weighted by molar-refractivity contribution is 0.0944. The molecule has 1 aromatic carbocycles. The summed E-state index contributed by atoms with van der Waals surface area (Å²) >= 11 is 8.86. The Kier molecular flexibility index (Phi) is 5.99. The number of aliphatic hydroxyl groups is 1. The maximum Gasteiger partial charge on any atom is 0.251 e. The van der Waals surface area contributed by atoms with E-state index in [-0.39, 0.29) is 23.6 Å². The lowest BCUT2D eigenvalue weighted by Crippen LogP contribution is -2.26. The van der Waals surface area contributed by atoms with E-state index in [1.165, 1.54) is 24.3 Å². The summed E-state index contributed by atoms with van der Waals surface area (Å²) in [6.07, 6.45) is 0. The zero-order valence-corrected chi connectivity index (χ0v) is 15.0. The molecular formula is C10H10Br3NO4S. The second kappa shape index (κ2) is 6.66. The van der Waals surface area contributed by atoms with E-state index in [9.17, 15) is 13.2 Å². The van der Waals surface area contributed by atoms with Gasteiger partial charge in [0.15, 0.2) is 0 Å². The van der Waals surface area contributed by atoms with Gasteiger partial charge in [0.1, 0.15) is 0 Å². The Morgan fingerprint density at radius 2 is 1.95 bits per heavy atom. The summed E-state index contributed by atoms with van der Waals surface area (Å²) in [5.74, 6) is -0.449. The number of alkyl halides is 3. The fourth-order valence-electron chi connectivity index (χ4n) is 1.21. The van der Waals surface area contributed by atoms with E-state index in [2.05, 4.69) is 53.1 Å². The third-order valence-corrected chi connectivity index (χ3v) is 7.43. The molecule has 0 aliphatic rings. The molecule has 0 bridgehead atoms. The van der Waals surface area contributed by atoms with Crippen molar-refractivity contribution in [1.29, 1.82) is 0 Å². The molecule has 9 heteroatoms. The molecular weight excluding hydrogens is 470 g/mol. The molecule has 0 radical (unpaired) electrons. The smallest absolute Gasteiger partial charge is 0.251 e. The number of nitrogens with one attached hydrogen (secondary N) is 1. The number of benzene rings is 1. The van der Waals surface area contributed by atoms with Gasteiger partial charge in [-0.2, -0.15) is 0 Å². The van der Waals surface area contributed by atoms with Crippen molar-refractivity contribution in [3.05, 3.63) is 29.8 Å². The Labute approximate surface area is 136 Å². The summed E-state index contributed by atoms with van der Waals surface area (Å²) in [5, 5.41) is 11.1. The van der Waals surface area contributed by atoms with Crippen molar-refractivity contribution in [2.24, 2.45) is 0 Å². The van der Waals surface area contributed by atoms with Crippen LogP contribution in [0, 0.1) is 0 Å². The second-order valence-electron chi connectivity index (χ2n) is 3.46. The van der Waals surface area contributed by atoms with E-state index in [1.807, 2.05) is 0 Å². The van der Waals surface area contributed by atoms with E-state index in [1.54, 1.807) is 0 Å². The molecule has 2 N–H and O–H groups in total. The third kappa shape index (κ3) is 4.25. The fourth-order valence-corrected chi connectivity index (χ4v) is 3.70. The highest BCUT2D eigenvalue weighted by Crippen LogP contribution is 2.43. The molecule has 0 aliphatic heterocycles. The van der Waals surface area contributed by atoms with Crippen LogP contribution < -0.4 is 5.32 Å². The van der Waals surface area contributed by atoms with Gasteiger partial charge in [-0.25, -0.2) is 8.42 Å². The van der Waals surface area contributed by atoms with Crippen LogP contribution in [0.15, 0.2) is 29.2 Å². The molecule has 5 nitrogen and oxygen atoms in total. The summed E-state index contributed by atoms with van der Waals surface area (Å²) < 4.78 is 22.8. The van der Waals surface area contributed by atoms with Crippen LogP contribution in [0.1, 0.15) is 10.4 Å². The SMILES string of the molecule is O=C(NCCO)c1cccc(S(=O)(=O)C(Br)(Br)Br)c1. The van der Waals surface area contributed by atoms with E-state index >= 15 is 0 Å². The van der Waals surface area contributed by atoms with Crippen LogP contribution in [0.3, 0.4) is 0 Å². The van der Waals surface area contributed by atoms with Crippen molar-refractivity contribution < 1.29 is 18.3 Å². The van der Waals surface area contributed by atoms with Gasteiger partial charge < -0.3 is 10.4 Å². The first kappa shape index (κ1) is 17.1. The quantitative estimate of drug-likeness (QED) is 0.647. The van der Waals surface area contributed by atoms with Gasteiger partial charge in [-0.15, -0.1) is 0 Å². The third-order valence-electron chi connectivity index (χ3n) is 2.11. The molecule has 0 saturated heterocycles. The molecule has 0 heterocycles. The van der Waals surface area contributed by atoms with E-state index < -0.39 is 17.2 Å². The molecule has 1 rings (SSSR count). The van der Waals surface area contributed by atoms with Crippen LogP contribution in [-0.2, 0) is 9.84 Å². The maximum atomic E-state index is 12.1. The number of rotatable bonds is 4. The molecule has 0 saturated carbocycles. The van der Waals surface area contributed by atoms with Crippen molar-refractivity contribution in [3.8, 4) is 0 Å². The van der Waals surface area contributed by atoms with E-state index in [4.69, 9.17) is 5.11 Å². The zero-order valence-electron chi connectivity index (χ0n) is 9.44. The Morgan fingerprint density at radius 1 is 1.32 bits per heavy atom. The van der Waals surface area contributed by atoms with Crippen molar-refractivity contribution in [2.75, 3.05) is 13.2 Å². The molecule has 0 fully saturated rings. The minimum atomic E-state index is -3.73. The molecule has 1 amide bonds. The molecule has 0 atom stereocenters. The number of hydrogen-bond acceptors (Lipinski definition) is 4. The number of aliphatic hydroxyl groups excluding tert-OH is 1. The normalized spacial score (nSPS) is 12.2. The average molecular weight is 480 g/mol. The van der Waals surface area contributed by atoms with E-state index in [0.29, 0.717) is 0 Å². The summed E-state index contributed by atoms with van der Waals surface area (Å²) in [7, 11) is -3.73. The van der Waals surface area contributed by atoms with Gasteiger partial charge in [0, 0.05) is 12.1 Å². The molecule has 106 valence electrons. The predicted octanol–water partition coefficient (Wildman–Crippen LogP) is 1.98. The summed E-state index contributed by atoms with van der Waals surface area (Å²) in [6.45, 7) is -0.0773. The topological polar surface area (TPSA) is 83.5 Å². The monoisotopic (exact) mass is 477 g/mol. The van der Waals surface area contributed by atoms with Gasteiger partial charge in [0.05, 0.1) is 11.5 Å². The minimum Gasteiger partial charge on any atom is -0.395 e. The predicted molar refractivity (Wildman–Crippen MR) is 82.6 cm³/mol. The van der Waals surface area contributed by atoms with Gasteiger partial charge in [0.25, 0.3) is 5.91 Å². The van der Waals surface area contributed by atoms with Crippen LogP contribution in [-0.4, -0.2) is 34.1 Å². The average Bonchev–Trinajstić information content (AvgIpc) is 2.34. The highest BCUT2D eigenvalue weighted by atomic mass is 80.0. The van der Waals surface area contributed by atoms with Crippen LogP contribution in [0.25, 0.3) is 0 Å². The van der Waals surface area contributed by atoms with Gasteiger partial charge in [-0.3, -0.25) is 4.79 Å². The van der Waals surface area contributed by atoms with E-state index in [0.717, 1.165) is 0 Å². The first-order valence-electron chi connectivity index (χ1n) is 5.00. The van der Waals surface area contributed by atoms with Gasteiger partial charge in [0.2, 0.25) is 11.3 Å². The van der Waals surface area contributed by atoms with Gasteiger partial charge in [-0.05, 0) is 66.0 Å². The molecule has 0 aliphatic carbocycles. The number of carbonyl (C=O) groups excluding carboxylic acids is 1. The Balaban J connectivity index is 3.12. The minimum absolute atomic E-state index is 0.0187. The van der Waals surface area contributed by atoms with Crippen molar-refractivity contribution in [3.63, 3.8) is 0 Å². The Bertz CT molecular complexity index is 568. The number of halogens is 3. The largest absolute Gasteiger partial charge is 0.395 e. The molecule has 0 unspecified atom stereocenters. The molecule has 1 aromatic rings. The highest BCUT2D eigenvalue weighted by molar-refractivity contribution is 9.42. The number of sulfone groups is 1. The fraction of sp³-hybridized carbons (Fsp3) is 0.300. The summed E-state index contributed by atoms with van der Waals surface area (Å²) in [5.41, 5.74) is 0.200. The standard InChI is InChI=1S/C10H10Br3NO4S/c11-10(12,13)19(17,18)8-3-1-2-7(6-8)9(16)14-4-5-15/h1-3,6,15H,4-5H2,(H,14,16). The van der Waals surface area contributed by atoms with Gasteiger partial charge >= 0.3 is 0 Å². The highest BCUT2D eigenvalue weighted by Gasteiger charge is 2.37. The van der Waals surface area contributed by atoms with Crippen molar-refractivity contribution in [2.45, 2.75) is 6.37 Å².